The summed E-state index contributed by atoms with van der Waals surface area (Å²) in [5, 5.41) is 0. The molecule has 1 nitrogen and oxygen atoms in total. The van der Waals surface area contributed by atoms with E-state index < -0.39 is 0 Å². The zero-order valence-electron chi connectivity index (χ0n) is 9.13. The molecule has 2 N–H and O–H groups in total. The zero-order chi connectivity index (χ0) is 11.4. The Labute approximate surface area is 99.0 Å². The minimum Gasteiger partial charge on any atom is -0.327 e. The lowest BCUT2D eigenvalue weighted by Crippen LogP contribution is -2.24. The van der Waals surface area contributed by atoms with Crippen LogP contribution in [0.3, 0.4) is 0 Å². The van der Waals surface area contributed by atoms with Crippen molar-refractivity contribution < 1.29 is 4.39 Å². The maximum Gasteiger partial charge on any atom is 0.124 e. The van der Waals surface area contributed by atoms with Crippen LogP contribution in [-0.4, -0.2) is 6.04 Å². The number of rotatable bonds is 4. The molecule has 0 saturated heterocycles. The second kappa shape index (κ2) is 5.61. The average molecular weight is 274 g/mol. The van der Waals surface area contributed by atoms with Gasteiger partial charge < -0.3 is 5.73 Å². The van der Waals surface area contributed by atoms with Crippen LogP contribution >= 0.6 is 15.9 Å². The summed E-state index contributed by atoms with van der Waals surface area (Å²) in [5.41, 5.74) is 6.92. The summed E-state index contributed by atoms with van der Waals surface area (Å²) in [7, 11) is 0. The summed E-state index contributed by atoms with van der Waals surface area (Å²) in [6, 6.07) is 5.03. The highest BCUT2D eigenvalue weighted by Crippen LogP contribution is 2.17. The van der Waals surface area contributed by atoms with E-state index in [1.807, 2.05) is 6.07 Å². The SMILES string of the molecule is CC(C)CC(N)Cc1cc(F)cc(Br)c1. The first-order chi connectivity index (χ1) is 6.97. The van der Waals surface area contributed by atoms with Gasteiger partial charge in [-0.1, -0.05) is 29.8 Å². The summed E-state index contributed by atoms with van der Waals surface area (Å²) < 4.78 is 13.8. The van der Waals surface area contributed by atoms with E-state index in [-0.39, 0.29) is 11.9 Å². The highest BCUT2D eigenvalue weighted by Gasteiger charge is 2.08. The molecule has 0 heterocycles. The first kappa shape index (κ1) is 12.7. The van der Waals surface area contributed by atoms with Crippen LogP contribution in [0.15, 0.2) is 22.7 Å². The lowest BCUT2D eigenvalue weighted by molar-refractivity contribution is 0.492. The molecule has 0 fully saturated rings. The smallest absolute Gasteiger partial charge is 0.124 e. The molecule has 0 spiro atoms. The summed E-state index contributed by atoms with van der Waals surface area (Å²) in [6.45, 7) is 4.28. The lowest BCUT2D eigenvalue weighted by atomic mass is 9.98. The molecule has 15 heavy (non-hydrogen) atoms. The van der Waals surface area contributed by atoms with Crippen molar-refractivity contribution in [2.24, 2.45) is 11.7 Å². The number of nitrogens with two attached hydrogens (primary N) is 1. The van der Waals surface area contributed by atoms with E-state index in [0.717, 1.165) is 22.9 Å². The van der Waals surface area contributed by atoms with Crippen molar-refractivity contribution in [3.8, 4) is 0 Å². The second-order valence-corrected chi connectivity index (χ2v) is 5.29. The molecule has 0 radical (unpaired) electrons. The van der Waals surface area contributed by atoms with Gasteiger partial charge in [0.1, 0.15) is 5.82 Å². The van der Waals surface area contributed by atoms with Gasteiger partial charge in [0.25, 0.3) is 0 Å². The number of halogens is 2. The lowest BCUT2D eigenvalue weighted by Gasteiger charge is -2.14. The summed E-state index contributed by atoms with van der Waals surface area (Å²) in [6.07, 6.45) is 1.70. The summed E-state index contributed by atoms with van der Waals surface area (Å²) in [5.74, 6) is 0.369. The molecule has 0 bridgehead atoms. The van der Waals surface area contributed by atoms with Crippen molar-refractivity contribution >= 4 is 15.9 Å². The van der Waals surface area contributed by atoms with E-state index in [1.54, 1.807) is 6.07 Å². The Bertz CT molecular complexity index is 305. The maximum atomic E-state index is 13.1. The largest absolute Gasteiger partial charge is 0.327 e. The zero-order valence-corrected chi connectivity index (χ0v) is 10.7. The van der Waals surface area contributed by atoms with Gasteiger partial charge in [-0.25, -0.2) is 4.39 Å². The van der Waals surface area contributed by atoms with Gasteiger partial charge in [0.2, 0.25) is 0 Å². The van der Waals surface area contributed by atoms with Gasteiger partial charge >= 0.3 is 0 Å². The molecule has 0 saturated carbocycles. The molecule has 1 aromatic rings. The van der Waals surface area contributed by atoms with Gasteiger partial charge in [0.15, 0.2) is 0 Å². The van der Waals surface area contributed by atoms with Crippen LogP contribution in [-0.2, 0) is 6.42 Å². The molecule has 1 unspecified atom stereocenters. The van der Waals surface area contributed by atoms with Crippen LogP contribution in [0.4, 0.5) is 4.39 Å². The monoisotopic (exact) mass is 273 g/mol. The Kier molecular flexibility index (Phi) is 4.74. The Morgan fingerprint density at radius 3 is 2.53 bits per heavy atom. The Morgan fingerprint density at radius 1 is 1.33 bits per heavy atom. The van der Waals surface area contributed by atoms with E-state index in [1.165, 1.54) is 6.07 Å². The van der Waals surface area contributed by atoms with E-state index >= 15 is 0 Å². The normalized spacial score (nSPS) is 13.2. The first-order valence-corrected chi connectivity index (χ1v) is 5.97. The highest BCUT2D eigenvalue weighted by molar-refractivity contribution is 9.10. The molecule has 1 aromatic carbocycles. The molecule has 0 amide bonds. The fourth-order valence-electron chi connectivity index (χ4n) is 1.72. The molecular weight excluding hydrogens is 257 g/mol. The Hall–Kier alpha value is -0.410. The van der Waals surface area contributed by atoms with Crippen LogP contribution < -0.4 is 5.73 Å². The number of benzene rings is 1. The van der Waals surface area contributed by atoms with Crippen molar-refractivity contribution in [3.05, 3.63) is 34.1 Å². The molecule has 0 aliphatic rings. The van der Waals surface area contributed by atoms with E-state index in [0.29, 0.717) is 5.92 Å². The van der Waals surface area contributed by atoms with Gasteiger partial charge in [0.05, 0.1) is 0 Å². The van der Waals surface area contributed by atoms with Crippen LogP contribution in [0.2, 0.25) is 0 Å². The van der Waals surface area contributed by atoms with Crippen molar-refractivity contribution in [2.45, 2.75) is 32.7 Å². The van der Waals surface area contributed by atoms with E-state index in [4.69, 9.17) is 5.73 Å². The van der Waals surface area contributed by atoms with E-state index in [9.17, 15) is 4.39 Å². The molecule has 1 atom stereocenters. The fraction of sp³-hybridized carbons (Fsp3) is 0.500. The highest BCUT2D eigenvalue weighted by atomic mass is 79.9. The molecule has 84 valence electrons. The van der Waals surface area contributed by atoms with Gasteiger partial charge in [-0.15, -0.1) is 0 Å². The average Bonchev–Trinajstić information content (AvgIpc) is 1.98. The van der Waals surface area contributed by atoms with Crippen LogP contribution in [0.1, 0.15) is 25.8 Å². The second-order valence-electron chi connectivity index (χ2n) is 4.37. The summed E-state index contributed by atoms with van der Waals surface area (Å²) >= 11 is 3.27. The maximum absolute atomic E-state index is 13.1. The van der Waals surface area contributed by atoms with Gasteiger partial charge in [-0.05, 0) is 42.5 Å². The third kappa shape index (κ3) is 4.76. The third-order valence-electron chi connectivity index (χ3n) is 2.19. The number of hydrogen-bond donors (Lipinski definition) is 1. The Morgan fingerprint density at radius 2 is 2.00 bits per heavy atom. The third-order valence-corrected chi connectivity index (χ3v) is 2.65. The van der Waals surface area contributed by atoms with Crippen molar-refractivity contribution in [1.29, 1.82) is 0 Å². The molecule has 1 rings (SSSR count). The standard InChI is InChI=1S/C12H17BrFN/c1-8(2)3-12(15)6-9-4-10(13)7-11(14)5-9/h4-5,7-8,12H,3,6,15H2,1-2H3. The minimum atomic E-state index is -0.212. The van der Waals surface area contributed by atoms with Crippen LogP contribution in [0.25, 0.3) is 0 Å². The molecule has 0 aromatic heterocycles. The van der Waals surface area contributed by atoms with E-state index in [2.05, 4.69) is 29.8 Å². The number of hydrogen-bond acceptors (Lipinski definition) is 1. The molecule has 0 aliphatic carbocycles. The fourth-order valence-corrected chi connectivity index (χ4v) is 2.23. The molecule has 0 aliphatic heterocycles. The predicted octanol–water partition coefficient (Wildman–Crippen LogP) is 3.50. The van der Waals surface area contributed by atoms with Crippen molar-refractivity contribution in [3.63, 3.8) is 0 Å². The molecular formula is C12H17BrFN. The predicted molar refractivity (Wildman–Crippen MR) is 65.2 cm³/mol. The topological polar surface area (TPSA) is 26.0 Å². The van der Waals surface area contributed by atoms with Crippen LogP contribution in [0, 0.1) is 11.7 Å². The van der Waals surface area contributed by atoms with Gasteiger partial charge in [-0.2, -0.15) is 0 Å². The quantitative estimate of drug-likeness (QED) is 0.893. The van der Waals surface area contributed by atoms with Crippen LogP contribution in [0.5, 0.6) is 0 Å². The van der Waals surface area contributed by atoms with Gasteiger partial charge in [-0.3, -0.25) is 0 Å². The van der Waals surface area contributed by atoms with Crippen molar-refractivity contribution in [2.75, 3.05) is 0 Å². The summed E-state index contributed by atoms with van der Waals surface area (Å²) in [4.78, 5) is 0. The Balaban J connectivity index is 2.63. The molecule has 3 heteroatoms. The van der Waals surface area contributed by atoms with Gasteiger partial charge in [0, 0.05) is 10.5 Å². The first-order valence-electron chi connectivity index (χ1n) is 5.18. The van der Waals surface area contributed by atoms with Crippen molar-refractivity contribution in [1.82, 2.24) is 0 Å². The minimum absolute atomic E-state index is 0.110.